The van der Waals surface area contributed by atoms with Crippen molar-refractivity contribution < 1.29 is 9.53 Å². The number of rotatable bonds is 6. The summed E-state index contributed by atoms with van der Waals surface area (Å²) in [4.78, 5) is 15.9. The van der Waals surface area contributed by atoms with Crippen LogP contribution in [0.25, 0.3) is 0 Å². The molecule has 0 atom stereocenters. The smallest absolute Gasteiger partial charge is 0.319 e. The monoisotopic (exact) mass is 337 g/mol. The molecule has 3 aromatic rings. The number of hydrogen-bond acceptors (Lipinski definition) is 4. The van der Waals surface area contributed by atoms with Gasteiger partial charge in [-0.1, -0.05) is 30.3 Å². The van der Waals surface area contributed by atoms with Gasteiger partial charge >= 0.3 is 6.03 Å². The Kier molecular flexibility index (Phi) is 5.26. The molecule has 0 aliphatic rings. The highest BCUT2D eigenvalue weighted by Gasteiger charge is 2.03. The van der Waals surface area contributed by atoms with Gasteiger partial charge in [-0.05, 0) is 23.3 Å². The normalized spacial score (nSPS) is 10.3. The Hall–Kier alpha value is -3.35. The standard InChI is InChI=1S/C18H19N5O2/c1-25-17-4-2-3-16(9-17)22-18(24)20-10-14-5-7-15(8-6-14)11-23-13-19-12-21-23/h2-9,12-13H,10-11H2,1H3,(H2,20,22,24). The van der Waals surface area contributed by atoms with Crippen LogP contribution in [0.4, 0.5) is 10.5 Å². The Morgan fingerprint density at radius 3 is 2.68 bits per heavy atom. The van der Waals surface area contributed by atoms with Crippen LogP contribution >= 0.6 is 0 Å². The number of nitrogens with zero attached hydrogens (tertiary/aromatic N) is 3. The molecule has 128 valence electrons. The first-order chi connectivity index (χ1) is 12.2. The molecule has 0 fully saturated rings. The summed E-state index contributed by atoms with van der Waals surface area (Å²) in [5, 5.41) is 9.69. The van der Waals surface area contributed by atoms with Crippen LogP contribution in [0.2, 0.25) is 0 Å². The number of hydrogen-bond donors (Lipinski definition) is 2. The zero-order valence-electron chi connectivity index (χ0n) is 13.8. The molecule has 0 aliphatic heterocycles. The molecule has 1 heterocycles. The minimum Gasteiger partial charge on any atom is -0.497 e. The van der Waals surface area contributed by atoms with Crippen LogP contribution in [0.3, 0.4) is 0 Å². The van der Waals surface area contributed by atoms with Gasteiger partial charge in [-0.2, -0.15) is 5.10 Å². The number of aromatic nitrogens is 3. The topological polar surface area (TPSA) is 81.1 Å². The Balaban J connectivity index is 1.49. The lowest BCUT2D eigenvalue weighted by atomic mass is 10.1. The quantitative estimate of drug-likeness (QED) is 0.724. The molecule has 7 heteroatoms. The number of methoxy groups -OCH3 is 1. The second kappa shape index (κ2) is 7.96. The summed E-state index contributed by atoms with van der Waals surface area (Å²) in [6.07, 6.45) is 3.19. The summed E-state index contributed by atoms with van der Waals surface area (Å²) in [6, 6.07) is 14.9. The van der Waals surface area contributed by atoms with Crippen LogP contribution in [0.5, 0.6) is 5.75 Å². The number of carbonyl (C=O) groups is 1. The largest absolute Gasteiger partial charge is 0.497 e. The number of ether oxygens (including phenoxy) is 1. The van der Waals surface area contributed by atoms with Crippen molar-refractivity contribution in [1.29, 1.82) is 0 Å². The minimum absolute atomic E-state index is 0.264. The maximum atomic E-state index is 12.0. The molecular weight excluding hydrogens is 318 g/mol. The summed E-state index contributed by atoms with van der Waals surface area (Å²) >= 11 is 0. The van der Waals surface area contributed by atoms with E-state index < -0.39 is 0 Å². The summed E-state index contributed by atoms with van der Waals surface area (Å²) in [6.45, 7) is 1.11. The average molecular weight is 337 g/mol. The highest BCUT2D eigenvalue weighted by molar-refractivity contribution is 5.89. The van der Waals surface area contributed by atoms with Crippen molar-refractivity contribution in [3.63, 3.8) is 0 Å². The fourth-order valence-corrected chi connectivity index (χ4v) is 2.32. The SMILES string of the molecule is COc1cccc(NC(=O)NCc2ccc(Cn3cncn3)cc2)c1. The van der Waals surface area contributed by atoms with Gasteiger partial charge in [0.25, 0.3) is 0 Å². The lowest BCUT2D eigenvalue weighted by Crippen LogP contribution is -2.28. The third kappa shape index (κ3) is 4.81. The number of benzene rings is 2. The molecule has 2 amide bonds. The molecule has 2 N–H and O–H groups in total. The van der Waals surface area contributed by atoms with Gasteiger partial charge in [0.15, 0.2) is 0 Å². The van der Waals surface area contributed by atoms with E-state index in [2.05, 4.69) is 20.7 Å². The second-order valence-corrected chi connectivity index (χ2v) is 5.45. The van der Waals surface area contributed by atoms with E-state index >= 15 is 0 Å². The molecule has 7 nitrogen and oxygen atoms in total. The van der Waals surface area contributed by atoms with Gasteiger partial charge in [-0.3, -0.25) is 0 Å². The Labute approximate surface area is 145 Å². The van der Waals surface area contributed by atoms with Gasteiger partial charge in [-0.15, -0.1) is 0 Å². The van der Waals surface area contributed by atoms with Gasteiger partial charge in [0.2, 0.25) is 0 Å². The van der Waals surface area contributed by atoms with Crippen molar-refractivity contribution in [1.82, 2.24) is 20.1 Å². The van der Waals surface area contributed by atoms with Crippen molar-refractivity contribution in [2.45, 2.75) is 13.1 Å². The fourth-order valence-electron chi connectivity index (χ4n) is 2.32. The Morgan fingerprint density at radius 1 is 1.16 bits per heavy atom. The van der Waals surface area contributed by atoms with Crippen molar-refractivity contribution in [3.8, 4) is 5.75 Å². The van der Waals surface area contributed by atoms with E-state index in [1.54, 1.807) is 30.3 Å². The van der Waals surface area contributed by atoms with Crippen molar-refractivity contribution >= 4 is 11.7 Å². The predicted octanol–water partition coefficient (Wildman–Crippen LogP) is 2.66. The molecule has 2 aromatic carbocycles. The zero-order chi connectivity index (χ0) is 17.5. The first kappa shape index (κ1) is 16.5. The maximum absolute atomic E-state index is 12.0. The van der Waals surface area contributed by atoms with Crippen molar-refractivity contribution in [2.24, 2.45) is 0 Å². The van der Waals surface area contributed by atoms with Crippen LogP contribution in [0.15, 0.2) is 61.2 Å². The molecular formula is C18H19N5O2. The second-order valence-electron chi connectivity index (χ2n) is 5.45. The summed E-state index contributed by atoms with van der Waals surface area (Å²) in [5.41, 5.74) is 2.82. The lowest BCUT2D eigenvalue weighted by molar-refractivity contribution is 0.251. The molecule has 3 rings (SSSR count). The van der Waals surface area contributed by atoms with Gasteiger partial charge in [-0.25, -0.2) is 14.5 Å². The third-order valence-electron chi connectivity index (χ3n) is 3.61. The average Bonchev–Trinajstić information content (AvgIpc) is 3.14. The molecule has 0 saturated carbocycles. The summed E-state index contributed by atoms with van der Waals surface area (Å²) in [7, 11) is 1.59. The Morgan fingerprint density at radius 2 is 1.96 bits per heavy atom. The molecule has 0 bridgehead atoms. The first-order valence-corrected chi connectivity index (χ1v) is 7.82. The van der Waals surface area contributed by atoms with Crippen molar-refractivity contribution in [2.75, 3.05) is 12.4 Å². The molecule has 0 spiro atoms. The molecule has 0 saturated heterocycles. The third-order valence-corrected chi connectivity index (χ3v) is 3.61. The molecule has 0 aliphatic carbocycles. The van der Waals surface area contributed by atoms with E-state index in [0.29, 0.717) is 24.5 Å². The molecule has 0 unspecified atom stereocenters. The van der Waals surface area contributed by atoms with Crippen LogP contribution in [0.1, 0.15) is 11.1 Å². The molecule has 1 aromatic heterocycles. The Bertz CT molecular complexity index is 816. The minimum atomic E-state index is -0.264. The van der Waals surface area contributed by atoms with Crippen molar-refractivity contribution in [3.05, 3.63) is 72.3 Å². The zero-order valence-corrected chi connectivity index (χ0v) is 13.8. The van der Waals surface area contributed by atoms with E-state index in [9.17, 15) is 4.79 Å². The summed E-state index contributed by atoms with van der Waals surface area (Å²) < 4.78 is 6.89. The molecule has 25 heavy (non-hydrogen) atoms. The number of carbonyl (C=O) groups excluding carboxylic acids is 1. The first-order valence-electron chi connectivity index (χ1n) is 7.82. The van der Waals surface area contributed by atoms with E-state index in [4.69, 9.17) is 4.74 Å². The number of amides is 2. The number of nitrogens with one attached hydrogen (secondary N) is 2. The fraction of sp³-hybridized carbons (Fsp3) is 0.167. The van der Waals surface area contributed by atoms with Crippen LogP contribution in [-0.2, 0) is 13.1 Å². The highest BCUT2D eigenvalue weighted by Crippen LogP contribution is 2.16. The maximum Gasteiger partial charge on any atom is 0.319 e. The van der Waals surface area contributed by atoms with Gasteiger partial charge in [0.1, 0.15) is 18.4 Å². The molecule has 0 radical (unpaired) electrons. The van der Waals surface area contributed by atoms with Crippen LogP contribution in [-0.4, -0.2) is 27.9 Å². The predicted molar refractivity (Wildman–Crippen MR) is 94.4 cm³/mol. The van der Waals surface area contributed by atoms with E-state index in [0.717, 1.165) is 11.1 Å². The summed E-state index contributed by atoms with van der Waals surface area (Å²) in [5.74, 6) is 0.695. The highest BCUT2D eigenvalue weighted by atomic mass is 16.5. The van der Waals surface area contributed by atoms with Crippen LogP contribution < -0.4 is 15.4 Å². The number of urea groups is 1. The van der Waals surface area contributed by atoms with E-state index in [1.807, 2.05) is 36.4 Å². The van der Waals surface area contributed by atoms with Crippen LogP contribution in [0, 0.1) is 0 Å². The van der Waals surface area contributed by atoms with Gasteiger partial charge < -0.3 is 15.4 Å². The van der Waals surface area contributed by atoms with Gasteiger partial charge in [0, 0.05) is 18.3 Å². The van der Waals surface area contributed by atoms with Gasteiger partial charge in [0.05, 0.1) is 13.7 Å². The van der Waals surface area contributed by atoms with E-state index in [1.165, 1.54) is 6.33 Å². The van der Waals surface area contributed by atoms with E-state index in [-0.39, 0.29) is 6.03 Å². The number of anilines is 1. The lowest BCUT2D eigenvalue weighted by Gasteiger charge is -2.09.